The lowest BCUT2D eigenvalue weighted by Gasteiger charge is -2.48. The van der Waals surface area contributed by atoms with E-state index in [0.29, 0.717) is 0 Å². The molecule has 0 unspecified atom stereocenters. The van der Waals surface area contributed by atoms with Crippen molar-refractivity contribution in [2.75, 3.05) is 45.9 Å². The van der Waals surface area contributed by atoms with Gasteiger partial charge in [-0.2, -0.15) is 0 Å². The highest BCUT2D eigenvalue weighted by Gasteiger charge is 2.38. The molecule has 2 nitrogen and oxygen atoms in total. The van der Waals surface area contributed by atoms with Crippen LogP contribution in [0.2, 0.25) is 0 Å². The average Bonchev–Trinajstić information content (AvgIpc) is 2.94. The van der Waals surface area contributed by atoms with Crippen LogP contribution in [0.4, 0.5) is 0 Å². The van der Waals surface area contributed by atoms with E-state index >= 15 is 0 Å². The van der Waals surface area contributed by atoms with Crippen molar-refractivity contribution >= 4 is 0 Å². The van der Waals surface area contributed by atoms with Crippen LogP contribution in [-0.4, -0.2) is 54.9 Å². The van der Waals surface area contributed by atoms with Gasteiger partial charge in [-0.25, -0.2) is 0 Å². The monoisotopic (exact) mass is 553 g/mol. The first-order valence-electron chi connectivity index (χ1n) is 18.8. The van der Waals surface area contributed by atoms with Crippen LogP contribution in [0.3, 0.4) is 0 Å². The molecule has 0 radical (unpaired) electrons. The summed E-state index contributed by atoms with van der Waals surface area (Å²) in [5, 5.41) is 0. The molecule has 0 saturated carbocycles. The quantitative estimate of drug-likeness (QED) is 0.0442. The van der Waals surface area contributed by atoms with Gasteiger partial charge in [-0.15, -0.1) is 0 Å². The van der Waals surface area contributed by atoms with Crippen LogP contribution in [0.15, 0.2) is 0 Å². The normalized spacial score (nSPS) is 12.5. The Morgan fingerprint density at radius 1 is 0.231 bits per heavy atom. The number of quaternary nitrogens is 2. The zero-order valence-corrected chi connectivity index (χ0v) is 28.8. The Balaban J connectivity index is 6.10. The van der Waals surface area contributed by atoms with E-state index in [1.54, 1.807) is 0 Å². The summed E-state index contributed by atoms with van der Waals surface area (Å²) >= 11 is 0. The van der Waals surface area contributed by atoms with Crippen LogP contribution in [0.5, 0.6) is 0 Å². The predicted octanol–water partition coefficient (Wildman–Crippen LogP) is 12.1. The minimum atomic E-state index is 1.36. The fraction of sp³-hybridized carbons (Fsp3) is 1.00. The molecule has 0 aliphatic rings. The predicted molar refractivity (Wildman–Crippen MR) is 179 cm³/mol. The number of unbranched alkanes of at least 4 members (excludes halogenated alkanes) is 18. The summed E-state index contributed by atoms with van der Waals surface area (Å²) < 4.78 is 2.90. The second kappa shape index (κ2) is 28.1. The molecule has 0 aromatic carbocycles. The van der Waals surface area contributed by atoms with Crippen molar-refractivity contribution in [3.63, 3.8) is 0 Å². The highest BCUT2D eigenvalue weighted by Crippen LogP contribution is 2.26. The van der Waals surface area contributed by atoms with E-state index < -0.39 is 0 Å². The van der Waals surface area contributed by atoms with E-state index in [1.165, 1.54) is 209 Å². The molecule has 0 saturated heterocycles. The van der Waals surface area contributed by atoms with Crippen molar-refractivity contribution in [3.8, 4) is 0 Å². The summed E-state index contributed by atoms with van der Waals surface area (Å²) in [6.07, 6.45) is 34.1. The summed E-state index contributed by atoms with van der Waals surface area (Å²) in [6, 6.07) is 0. The molecule has 0 fully saturated rings. The van der Waals surface area contributed by atoms with E-state index in [-0.39, 0.29) is 0 Å². The van der Waals surface area contributed by atoms with E-state index in [1.807, 2.05) is 0 Å². The second-order valence-electron chi connectivity index (χ2n) is 13.5. The molecule has 2 heteroatoms. The third kappa shape index (κ3) is 21.3. The van der Waals surface area contributed by atoms with Crippen LogP contribution in [0.1, 0.15) is 196 Å². The van der Waals surface area contributed by atoms with Crippen LogP contribution in [0, 0.1) is 0 Å². The molecule has 236 valence electrons. The van der Waals surface area contributed by atoms with Gasteiger partial charge in [0.25, 0.3) is 0 Å². The fourth-order valence-electron chi connectivity index (χ4n) is 6.98. The number of hydrogen-bond acceptors (Lipinski definition) is 0. The molecule has 0 rings (SSSR count). The van der Waals surface area contributed by atoms with Gasteiger partial charge in [-0.1, -0.05) is 119 Å². The van der Waals surface area contributed by atoms with E-state index in [9.17, 15) is 0 Å². The smallest absolute Gasteiger partial charge is 0.207 e. The lowest BCUT2D eigenvalue weighted by atomic mass is 10.1. The Hall–Kier alpha value is -0.0800. The van der Waals surface area contributed by atoms with Crippen LogP contribution in [-0.2, 0) is 0 Å². The zero-order valence-electron chi connectivity index (χ0n) is 28.8. The minimum Gasteiger partial charge on any atom is -0.277 e. The molecular formula is C37H80N2+2. The first-order chi connectivity index (χ1) is 19.1. The number of hydrogen-bond donors (Lipinski definition) is 0. The van der Waals surface area contributed by atoms with Gasteiger partial charge in [-0.05, 0) is 77.0 Å². The van der Waals surface area contributed by atoms with Gasteiger partial charge in [0.1, 0.15) is 0 Å². The Morgan fingerprint density at radius 2 is 0.410 bits per heavy atom. The molecule has 0 aromatic rings. The summed E-state index contributed by atoms with van der Waals surface area (Å²) in [5.74, 6) is 0. The lowest BCUT2D eigenvalue weighted by molar-refractivity contribution is -1.10. The largest absolute Gasteiger partial charge is 0.277 e. The standard InChI is InChI=1S/C37H80N2/c1-7-13-19-25-31-38(32-26-20-14-8-2,33-27-21-15-9-3)37-39(34-28-22-16-10-4,35-29-23-17-11-5)36-30-24-18-12-6/h7-37H2,1-6H3/q+2. The topological polar surface area (TPSA) is 0 Å². The average molecular weight is 553 g/mol. The van der Waals surface area contributed by atoms with Gasteiger partial charge >= 0.3 is 0 Å². The maximum atomic E-state index is 2.38. The Bertz CT molecular complexity index is 369. The molecule has 0 aromatic heterocycles. The van der Waals surface area contributed by atoms with E-state index in [0.717, 1.165) is 0 Å². The maximum absolute atomic E-state index is 2.38. The molecular weight excluding hydrogens is 472 g/mol. The first-order valence-corrected chi connectivity index (χ1v) is 18.8. The Labute approximate surface area is 250 Å². The molecule has 0 heterocycles. The summed E-state index contributed by atoms with van der Waals surface area (Å²) in [6.45, 7) is 24.5. The highest BCUT2D eigenvalue weighted by atomic mass is 15.5. The van der Waals surface area contributed by atoms with Gasteiger partial charge in [0, 0.05) is 0 Å². The minimum absolute atomic E-state index is 1.36. The SMILES string of the molecule is CCCCCC[N+](CCCCCC)(CCCCCC)C[N+](CCCCCC)(CCCCCC)CCCCCC. The van der Waals surface area contributed by atoms with Gasteiger partial charge in [0.15, 0.2) is 0 Å². The van der Waals surface area contributed by atoms with Crippen molar-refractivity contribution in [2.45, 2.75) is 196 Å². The maximum Gasteiger partial charge on any atom is 0.207 e. The van der Waals surface area contributed by atoms with Crippen LogP contribution in [0.25, 0.3) is 0 Å². The van der Waals surface area contributed by atoms with Crippen molar-refractivity contribution in [2.24, 2.45) is 0 Å². The van der Waals surface area contributed by atoms with Crippen LogP contribution >= 0.6 is 0 Å². The van der Waals surface area contributed by atoms with Gasteiger partial charge in [0.05, 0.1) is 39.3 Å². The molecule has 0 spiro atoms. The van der Waals surface area contributed by atoms with Gasteiger partial charge < -0.3 is 0 Å². The third-order valence-electron chi connectivity index (χ3n) is 9.52. The molecule has 0 bridgehead atoms. The first kappa shape index (κ1) is 38.9. The molecule has 0 aliphatic carbocycles. The number of rotatable bonds is 32. The van der Waals surface area contributed by atoms with E-state index in [2.05, 4.69) is 41.5 Å². The summed E-state index contributed by atoms with van der Waals surface area (Å²) in [4.78, 5) is 0. The van der Waals surface area contributed by atoms with Crippen molar-refractivity contribution in [1.29, 1.82) is 0 Å². The van der Waals surface area contributed by atoms with Crippen LogP contribution < -0.4 is 0 Å². The number of nitrogens with zero attached hydrogens (tertiary/aromatic N) is 2. The Morgan fingerprint density at radius 3 is 0.564 bits per heavy atom. The molecule has 0 atom stereocenters. The highest BCUT2D eigenvalue weighted by molar-refractivity contribution is 4.55. The van der Waals surface area contributed by atoms with Gasteiger partial charge in [0.2, 0.25) is 6.67 Å². The fourth-order valence-corrected chi connectivity index (χ4v) is 6.98. The molecule has 0 amide bonds. The molecule has 39 heavy (non-hydrogen) atoms. The zero-order chi connectivity index (χ0) is 28.9. The summed E-state index contributed by atoms with van der Waals surface area (Å²) in [7, 11) is 0. The second-order valence-corrected chi connectivity index (χ2v) is 13.5. The lowest BCUT2D eigenvalue weighted by Crippen LogP contribution is -2.64. The summed E-state index contributed by atoms with van der Waals surface area (Å²) in [5.41, 5.74) is 0. The molecule has 0 aliphatic heterocycles. The van der Waals surface area contributed by atoms with Crippen molar-refractivity contribution in [1.82, 2.24) is 0 Å². The molecule has 0 N–H and O–H groups in total. The van der Waals surface area contributed by atoms with Crippen molar-refractivity contribution < 1.29 is 8.97 Å². The Kier molecular flexibility index (Phi) is 28.0. The van der Waals surface area contributed by atoms with E-state index in [4.69, 9.17) is 0 Å². The third-order valence-corrected chi connectivity index (χ3v) is 9.52. The van der Waals surface area contributed by atoms with Gasteiger partial charge in [-0.3, -0.25) is 8.97 Å². The van der Waals surface area contributed by atoms with Crippen molar-refractivity contribution in [3.05, 3.63) is 0 Å².